The number of anilines is 2. The fraction of sp³-hybridized carbons (Fsp3) is 0.433. The Kier molecular flexibility index (Phi) is 9.28. The van der Waals surface area contributed by atoms with Crippen molar-refractivity contribution in [2.45, 2.75) is 44.6 Å². The molecule has 2 aromatic heterocycles. The highest BCUT2D eigenvalue weighted by molar-refractivity contribution is 6.30. The van der Waals surface area contributed by atoms with Gasteiger partial charge in [0.1, 0.15) is 17.1 Å². The molecule has 0 unspecified atom stereocenters. The highest BCUT2D eigenvalue weighted by Crippen LogP contribution is 2.35. The molecule has 2 saturated heterocycles. The molecule has 228 valence electrons. The molecule has 4 amide bonds. The Morgan fingerprint density at radius 1 is 0.977 bits per heavy atom. The third kappa shape index (κ3) is 6.51. The zero-order chi connectivity index (χ0) is 29.2. The SMILES string of the molecule is O.O=C(Nc1ccc(Cl)cn1)c1oc2ccc(C(=O)N3CCOCC3)cc2c1NC(=O)C1CCC(N2CCCC2=O)CC1. The summed E-state index contributed by atoms with van der Waals surface area (Å²) < 4.78 is 11.3. The van der Waals surface area contributed by atoms with Crippen molar-refractivity contribution in [2.24, 2.45) is 5.92 Å². The molecule has 13 heteroatoms. The Balaban J connectivity index is 0.00000368. The number of carbonyl (C=O) groups excluding carboxylic acids is 4. The highest BCUT2D eigenvalue weighted by Gasteiger charge is 2.34. The quantitative estimate of drug-likeness (QED) is 0.430. The van der Waals surface area contributed by atoms with Crippen LogP contribution >= 0.6 is 11.6 Å². The minimum Gasteiger partial charge on any atom is -0.449 e. The van der Waals surface area contributed by atoms with Crippen LogP contribution in [0.1, 0.15) is 59.4 Å². The maximum Gasteiger partial charge on any atom is 0.294 e. The summed E-state index contributed by atoms with van der Waals surface area (Å²) in [6, 6.07) is 8.26. The fourth-order valence-electron chi connectivity index (χ4n) is 6.02. The average Bonchev–Trinajstić information content (AvgIpc) is 3.61. The number of amides is 4. The lowest BCUT2D eigenvalue weighted by molar-refractivity contribution is -0.130. The number of benzene rings is 1. The number of likely N-dealkylation sites (tertiary alicyclic amines) is 1. The highest BCUT2D eigenvalue weighted by atomic mass is 35.5. The number of halogens is 1. The van der Waals surface area contributed by atoms with Gasteiger partial charge >= 0.3 is 0 Å². The Bertz CT molecular complexity index is 1510. The van der Waals surface area contributed by atoms with Crippen molar-refractivity contribution in [3.63, 3.8) is 0 Å². The first-order valence-corrected chi connectivity index (χ1v) is 14.7. The lowest BCUT2D eigenvalue weighted by atomic mass is 9.84. The predicted octanol–water partition coefficient (Wildman–Crippen LogP) is 3.50. The molecule has 1 aliphatic carbocycles. The number of morpholine rings is 1. The van der Waals surface area contributed by atoms with Gasteiger partial charge in [0.2, 0.25) is 17.6 Å². The number of nitrogens with one attached hydrogen (secondary N) is 2. The van der Waals surface area contributed by atoms with E-state index in [1.165, 1.54) is 6.20 Å². The Morgan fingerprint density at radius 3 is 2.42 bits per heavy atom. The number of rotatable bonds is 6. The minimum absolute atomic E-state index is 0. The number of fused-ring (bicyclic) bond motifs is 1. The third-order valence-electron chi connectivity index (χ3n) is 8.27. The normalized spacial score (nSPS) is 20.5. The lowest BCUT2D eigenvalue weighted by Crippen LogP contribution is -2.40. The smallest absolute Gasteiger partial charge is 0.294 e. The molecule has 43 heavy (non-hydrogen) atoms. The van der Waals surface area contributed by atoms with Crippen molar-refractivity contribution in [1.29, 1.82) is 0 Å². The van der Waals surface area contributed by atoms with E-state index in [1.807, 2.05) is 4.90 Å². The van der Waals surface area contributed by atoms with Crippen LogP contribution < -0.4 is 10.6 Å². The molecular formula is C30H34ClN5O7. The standard InChI is InChI=1S/C30H32ClN5O6.H2O/c31-20-6-10-24(32-17-20)33-29(39)27-26(34-28(38)18-3-7-21(8-4-18)36-11-1-2-25(36)37)22-16-19(5-9-23(22)42-27)30(40)35-12-14-41-15-13-35;/h5-6,9-10,16-18,21H,1-4,7-8,11-15H2,(H,34,38)(H,32,33,39);1H2. The average molecular weight is 612 g/mol. The van der Waals surface area contributed by atoms with Gasteiger partial charge in [0.15, 0.2) is 0 Å². The van der Waals surface area contributed by atoms with E-state index in [0.717, 1.165) is 25.8 Å². The van der Waals surface area contributed by atoms with E-state index in [9.17, 15) is 19.2 Å². The van der Waals surface area contributed by atoms with Crippen molar-refractivity contribution in [3.05, 3.63) is 52.9 Å². The molecular weight excluding hydrogens is 578 g/mol. The molecule has 0 bridgehead atoms. The Labute approximate surface area is 253 Å². The van der Waals surface area contributed by atoms with Crippen LogP contribution in [-0.2, 0) is 14.3 Å². The fourth-order valence-corrected chi connectivity index (χ4v) is 6.13. The van der Waals surface area contributed by atoms with E-state index in [0.29, 0.717) is 67.1 Å². The van der Waals surface area contributed by atoms with Crippen molar-refractivity contribution in [3.8, 4) is 0 Å². The van der Waals surface area contributed by atoms with Gasteiger partial charge in [0.25, 0.3) is 11.8 Å². The van der Waals surface area contributed by atoms with Gasteiger partial charge in [-0.3, -0.25) is 19.2 Å². The van der Waals surface area contributed by atoms with Crippen molar-refractivity contribution in [2.75, 3.05) is 43.5 Å². The third-order valence-corrected chi connectivity index (χ3v) is 8.50. The first-order chi connectivity index (χ1) is 20.4. The number of ether oxygens (including phenoxy) is 1. The summed E-state index contributed by atoms with van der Waals surface area (Å²) in [5.74, 6) is -0.912. The molecule has 0 spiro atoms. The first-order valence-electron chi connectivity index (χ1n) is 14.3. The number of hydrogen-bond donors (Lipinski definition) is 2. The van der Waals surface area contributed by atoms with Gasteiger partial charge in [0.05, 0.1) is 18.2 Å². The van der Waals surface area contributed by atoms with E-state index in [4.69, 9.17) is 20.8 Å². The molecule has 3 fully saturated rings. The summed E-state index contributed by atoms with van der Waals surface area (Å²) in [5.41, 5.74) is 0.979. The van der Waals surface area contributed by atoms with Crippen LogP contribution in [0.25, 0.3) is 11.0 Å². The summed E-state index contributed by atoms with van der Waals surface area (Å²) in [6.45, 7) is 2.70. The van der Waals surface area contributed by atoms with Crippen LogP contribution in [0.5, 0.6) is 0 Å². The maximum absolute atomic E-state index is 13.6. The topological polar surface area (TPSA) is 166 Å². The molecule has 3 aromatic rings. The molecule has 3 aliphatic rings. The second kappa shape index (κ2) is 13.1. The molecule has 4 N–H and O–H groups in total. The first kappa shape index (κ1) is 30.5. The number of aromatic nitrogens is 1. The number of carbonyl (C=O) groups is 4. The van der Waals surface area contributed by atoms with Crippen LogP contribution in [0, 0.1) is 5.92 Å². The van der Waals surface area contributed by atoms with Crippen LogP contribution in [0.4, 0.5) is 11.5 Å². The molecule has 2 aliphatic heterocycles. The van der Waals surface area contributed by atoms with Crippen LogP contribution in [0.2, 0.25) is 5.02 Å². The van der Waals surface area contributed by atoms with E-state index >= 15 is 0 Å². The van der Waals surface area contributed by atoms with E-state index in [2.05, 4.69) is 15.6 Å². The Hall–Kier alpha value is -4.00. The van der Waals surface area contributed by atoms with E-state index in [-0.39, 0.29) is 52.4 Å². The second-order valence-electron chi connectivity index (χ2n) is 10.9. The summed E-state index contributed by atoms with van der Waals surface area (Å²) in [4.78, 5) is 60.1. The summed E-state index contributed by atoms with van der Waals surface area (Å²) in [6.07, 6.45) is 5.67. The van der Waals surface area contributed by atoms with E-state index in [1.54, 1.807) is 35.2 Å². The summed E-state index contributed by atoms with van der Waals surface area (Å²) in [5, 5.41) is 6.52. The lowest BCUT2D eigenvalue weighted by Gasteiger charge is -2.34. The zero-order valence-corrected chi connectivity index (χ0v) is 24.3. The summed E-state index contributed by atoms with van der Waals surface area (Å²) in [7, 11) is 0. The number of nitrogens with zero attached hydrogens (tertiary/aromatic N) is 3. The number of pyridine rings is 1. The van der Waals surface area contributed by atoms with Crippen molar-refractivity contribution < 1.29 is 33.8 Å². The van der Waals surface area contributed by atoms with Gasteiger partial charge in [-0.1, -0.05) is 11.6 Å². The zero-order valence-electron chi connectivity index (χ0n) is 23.6. The number of hydrogen-bond acceptors (Lipinski definition) is 7. The minimum atomic E-state index is -0.603. The molecule has 4 heterocycles. The van der Waals surface area contributed by atoms with Gasteiger partial charge in [0, 0.05) is 55.2 Å². The van der Waals surface area contributed by atoms with Crippen molar-refractivity contribution >= 4 is 57.7 Å². The monoisotopic (exact) mass is 611 g/mol. The Morgan fingerprint density at radius 2 is 1.74 bits per heavy atom. The molecule has 6 rings (SSSR count). The largest absolute Gasteiger partial charge is 0.449 e. The number of furan rings is 1. The maximum atomic E-state index is 13.6. The second-order valence-corrected chi connectivity index (χ2v) is 11.4. The molecule has 0 radical (unpaired) electrons. The molecule has 1 saturated carbocycles. The van der Waals surface area contributed by atoms with E-state index < -0.39 is 5.91 Å². The molecule has 0 atom stereocenters. The van der Waals surface area contributed by atoms with Gasteiger partial charge in [-0.25, -0.2) is 4.98 Å². The van der Waals surface area contributed by atoms with Crippen LogP contribution in [0.15, 0.2) is 40.9 Å². The predicted molar refractivity (Wildman–Crippen MR) is 159 cm³/mol. The van der Waals surface area contributed by atoms with Crippen LogP contribution in [0.3, 0.4) is 0 Å². The van der Waals surface area contributed by atoms with Gasteiger partial charge in [-0.05, 0) is 62.4 Å². The molecule has 1 aromatic carbocycles. The molecule has 12 nitrogen and oxygen atoms in total. The van der Waals surface area contributed by atoms with Crippen molar-refractivity contribution in [1.82, 2.24) is 14.8 Å². The van der Waals surface area contributed by atoms with Gasteiger partial charge in [-0.2, -0.15) is 0 Å². The van der Waals surface area contributed by atoms with Crippen LogP contribution in [-0.4, -0.2) is 82.8 Å². The summed E-state index contributed by atoms with van der Waals surface area (Å²) >= 11 is 5.93. The van der Waals surface area contributed by atoms with Gasteiger partial charge < -0.3 is 35.1 Å². The van der Waals surface area contributed by atoms with Gasteiger partial charge in [-0.15, -0.1) is 0 Å².